The highest BCUT2D eigenvalue weighted by Gasteiger charge is 2.48. The molecule has 0 rings (SSSR count). The molecule has 13 heteroatoms. The van der Waals surface area contributed by atoms with Gasteiger partial charge in [0.05, 0.1) is 0 Å². The second-order valence-electron chi connectivity index (χ2n) is 1.98. The Morgan fingerprint density at radius 3 is 0.812 bits per heavy atom. The molecule has 96 valence electrons. The normalized spacial score (nSPS) is 14.1. The first-order valence-corrected chi connectivity index (χ1v) is 5.66. The van der Waals surface area contributed by atoms with Crippen molar-refractivity contribution in [3.05, 3.63) is 0 Å². The van der Waals surface area contributed by atoms with Crippen LogP contribution in [0.3, 0.4) is 0 Å². The Morgan fingerprint density at radius 1 is 0.500 bits per heavy atom. The number of alkyl halides is 9. The first-order valence-electron chi connectivity index (χ1n) is 3.02. The molecule has 0 radical (unpaired) electrons. The number of rotatable bonds is 3. The van der Waals surface area contributed by atoms with Crippen molar-refractivity contribution in [2.45, 2.75) is 16.5 Å². The molecule has 0 amide bonds. The van der Waals surface area contributed by atoms with Gasteiger partial charge in [-0.15, -0.1) is 0 Å². The molecule has 0 aromatic rings. The van der Waals surface area contributed by atoms with Gasteiger partial charge in [-0.3, -0.25) is 0 Å². The molecular weight excluding hydrogens is 314 g/mol. The van der Waals surface area contributed by atoms with Gasteiger partial charge in [0, 0.05) is 0 Å². The highest BCUT2D eigenvalue weighted by molar-refractivity contribution is 8.77. The lowest BCUT2D eigenvalue weighted by Gasteiger charge is -2.16. The molecule has 0 aliphatic rings. The molecule has 0 saturated carbocycles. The maximum absolute atomic E-state index is 11.7. The average Bonchev–Trinajstić information content (AvgIpc) is 1.70. The monoisotopic (exact) mass is 314 g/mol. The van der Waals surface area contributed by atoms with Crippen LogP contribution >= 0.6 is 34.8 Å². The standard InChI is InChI=1S/C3BF9S3/c5-1(6,7)14-4(15-2(8,9)10)16-3(11,12)13. The second-order valence-corrected chi connectivity index (χ2v) is 6.38. The minimum absolute atomic E-state index is 1.36. The number of hydrogen-bond acceptors (Lipinski definition) is 3. The maximum Gasteiger partial charge on any atom is 0.433 e. The summed E-state index contributed by atoms with van der Waals surface area (Å²) in [5, 5.41) is 0. The molecule has 0 saturated heterocycles. The molecule has 0 fully saturated rings. The summed E-state index contributed by atoms with van der Waals surface area (Å²) in [6, 6.07) is 0. The zero-order valence-corrected chi connectivity index (χ0v) is 9.15. The SMILES string of the molecule is FC(F)(F)SB(SC(F)(F)F)SC(F)(F)F. The van der Waals surface area contributed by atoms with Gasteiger partial charge in [0.25, 0.3) is 0 Å². The summed E-state index contributed by atoms with van der Waals surface area (Å²) < 4.78 is 102. The Kier molecular flexibility index (Phi) is 5.58. The smallest absolute Gasteiger partial charge is 0.161 e. The van der Waals surface area contributed by atoms with Crippen molar-refractivity contribution in [2.24, 2.45) is 0 Å². The lowest BCUT2D eigenvalue weighted by Crippen LogP contribution is -2.19. The maximum atomic E-state index is 11.7. The van der Waals surface area contributed by atoms with E-state index in [0.717, 1.165) is 0 Å². The van der Waals surface area contributed by atoms with Gasteiger partial charge in [-0.05, 0) is 0 Å². The lowest BCUT2D eigenvalue weighted by atomic mass is 10.7. The first-order chi connectivity index (χ1) is 6.79. The molecule has 0 spiro atoms. The second kappa shape index (κ2) is 5.42. The van der Waals surface area contributed by atoms with Crippen LogP contribution in [-0.4, -0.2) is 21.1 Å². The van der Waals surface area contributed by atoms with E-state index in [1.54, 1.807) is 0 Å². The Morgan fingerprint density at radius 2 is 0.688 bits per heavy atom. The fourth-order valence-electron chi connectivity index (χ4n) is 0.399. The van der Waals surface area contributed by atoms with Crippen molar-refractivity contribution in [1.29, 1.82) is 0 Å². The first kappa shape index (κ1) is 16.5. The van der Waals surface area contributed by atoms with E-state index in [2.05, 4.69) is 0 Å². The van der Waals surface area contributed by atoms with Crippen molar-refractivity contribution < 1.29 is 39.5 Å². The summed E-state index contributed by atoms with van der Waals surface area (Å²) in [5.41, 5.74) is -15.5. The van der Waals surface area contributed by atoms with E-state index in [9.17, 15) is 39.5 Å². The molecule has 0 aliphatic carbocycles. The Balaban J connectivity index is 4.53. The van der Waals surface area contributed by atoms with Gasteiger partial charge >= 0.3 is 21.1 Å². The van der Waals surface area contributed by atoms with Crippen molar-refractivity contribution >= 4 is 39.4 Å². The van der Waals surface area contributed by atoms with E-state index in [0.29, 0.717) is 0 Å². The van der Waals surface area contributed by atoms with Gasteiger partial charge in [-0.1, -0.05) is 34.8 Å². The quantitative estimate of drug-likeness (QED) is 0.546. The lowest BCUT2D eigenvalue weighted by molar-refractivity contribution is -0.0314. The van der Waals surface area contributed by atoms with E-state index >= 15 is 0 Å². The minimum atomic E-state index is -5.17. The third-order valence-electron chi connectivity index (χ3n) is 0.690. The molecule has 0 bridgehead atoms. The summed E-state index contributed by atoms with van der Waals surface area (Å²) in [6.45, 7) is 0. The van der Waals surface area contributed by atoms with Crippen molar-refractivity contribution in [2.75, 3.05) is 0 Å². The third kappa shape index (κ3) is 11.0. The molecule has 16 heavy (non-hydrogen) atoms. The largest absolute Gasteiger partial charge is 0.433 e. The van der Waals surface area contributed by atoms with Crippen molar-refractivity contribution in [1.82, 2.24) is 0 Å². The topological polar surface area (TPSA) is 0 Å². The van der Waals surface area contributed by atoms with E-state index < -0.39 is 55.9 Å². The van der Waals surface area contributed by atoms with Crippen LogP contribution in [0.15, 0.2) is 0 Å². The predicted molar refractivity (Wildman–Crippen MR) is 46.7 cm³/mol. The molecule has 0 aromatic carbocycles. The summed E-state index contributed by atoms with van der Waals surface area (Å²) in [7, 11) is 0. The molecule has 0 aromatic heterocycles. The molecule has 0 aliphatic heterocycles. The van der Waals surface area contributed by atoms with Crippen LogP contribution in [0.25, 0.3) is 0 Å². The van der Waals surface area contributed by atoms with E-state index in [1.807, 2.05) is 0 Å². The van der Waals surface area contributed by atoms with Crippen molar-refractivity contribution in [3.8, 4) is 0 Å². The van der Waals surface area contributed by atoms with Crippen LogP contribution in [0.5, 0.6) is 0 Å². The highest BCUT2D eigenvalue weighted by Crippen LogP contribution is 2.50. The van der Waals surface area contributed by atoms with Crippen LogP contribution in [0.1, 0.15) is 0 Å². The summed E-state index contributed by atoms with van der Waals surface area (Å²) in [5.74, 6) is 0. The van der Waals surface area contributed by atoms with Crippen LogP contribution in [0.4, 0.5) is 39.5 Å². The summed E-state index contributed by atoms with van der Waals surface area (Å²) in [4.78, 5) is 0. The Labute approximate surface area is 95.8 Å². The zero-order chi connectivity index (χ0) is 13.2. The van der Waals surface area contributed by atoms with Crippen LogP contribution in [0.2, 0.25) is 0 Å². The van der Waals surface area contributed by atoms with Gasteiger partial charge in [0.2, 0.25) is 0 Å². The van der Waals surface area contributed by atoms with Crippen molar-refractivity contribution in [3.63, 3.8) is 0 Å². The van der Waals surface area contributed by atoms with Gasteiger partial charge in [-0.2, -0.15) is 39.5 Å². The fraction of sp³-hybridized carbons (Fsp3) is 1.00. The van der Waals surface area contributed by atoms with E-state index in [1.165, 1.54) is 0 Å². The molecular formula is C3BF9S3. The number of halogens is 9. The van der Waals surface area contributed by atoms with Gasteiger partial charge in [0.15, 0.2) is 0 Å². The minimum Gasteiger partial charge on any atom is -0.161 e. The van der Waals surface area contributed by atoms with Crippen LogP contribution in [-0.2, 0) is 0 Å². The molecule has 0 N–H and O–H groups in total. The van der Waals surface area contributed by atoms with E-state index in [-0.39, 0.29) is 0 Å². The average molecular weight is 314 g/mol. The Hall–Kier alpha value is 0.485. The molecule has 0 nitrogen and oxygen atoms in total. The van der Waals surface area contributed by atoms with E-state index in [4.69, 9.17) is 0 Å². The van der Waals surface area contributed by atoms with Gasteiger partial charge in [-0.25, -0.2) is 0 Å². The fourth-order valence-corrected chi connectivity index (χ4v) is 3.60. The Bertz CT molecular complexity index is 179. The molecule has 0 heterocycles. The summed E-state index contributed by atoms with van der Waals surface area (Å²) >= 11 is -4.08. The number of hydrogen-bond donors (Lipinski definition) is 0. The molecule has 0 atom stereocenters. The van der Waals surface area contributed by atoms with Gasteiger partial charge in [0.1, 0.15) is 0 Å². The highest BCUT2D eigenvalue weighted by atomic mass is 32.3. The summed E-state index contributed by atoms with van der Waals surface area (Å²) in [6.07, 6.45) is 0. The zero-order valence-electron chi connectivity index (χ0n) is 6.70. The molecule has 0 unspecified atom stereocenters. The van der Waals surface area contributed by atoms with Gasteiger partial charge < -0.3 is 0 Å². The predicted octanol–water partition coefficient (Wildman–Crippen LogP) is 4.73. The third-order valence-corrected chi connectivity index (χ3v) is 3.80. The van der Waals surface area contributed by atoms with Crippen LogP contribution in [0, 0.1) is 0 Å². The van der Waals surface area contributed by atoms with Crippen LogP contribution < -0.4 is 0 Å².